The molecule has 0 saturated carbocycles. The summed E-state index contributed by atoms with van der Waals surface area (Å²) in [4.78, 5) is 0. The fourth-order valence-electron chi connectivity index (χ4n) is 0.778. The Labute approximate surface area is 76.5 Å². The molecule has 1 rings (SSSR count). The lowest BCUT2D eigenvalue weighted by Crippen LogP contribution is -2.09. The molecular formula is C7H12ClN3O. The Bertz CT molecular complexity index is 236. The minimum Gasteiger partial charge on any atom is -0.377 e. The first-order valence-corrected chi connectivity index (χ1v) is 4.23. The topological polar surface area (TPSA) is 39.9 Å². The number of nitrogens with zero attached hydrogens (tertiary/aromatic N) is 3. The Morgan fingerprint density at radius 2 is 2.42 bits per heavy atom. The molecule has 0 bridgehead atoms. The summed E-state index contributed by atoms with van der Waals surface area (Å²) in [5.41, 5.74) is 0. The normalized spacial score (nSPS) is 11.0. The van der Waals surface area contributed by atoms with Gasteiger partial charge >= 0.3 is 0 Å². The molecule has 0 aliphatic heterocycles. The van der Waals surface area contributed by atoms with Crippen molar-refractivity contribution in [3.8, 4) is 0 Å². The van der Waals surface area contributed by atoms with E-state index in [0.717, 1.165) is 0 Å². The largest absolute Gasteiger partial charge is 0.377 e. The summed E-state index contributed by atoms with van der Waals surface area (Å²) in [5, 5.41) is 7.69. The van der Waals surface area contributed by atoms with Crippen LogP contribution in [0.4, 0.5) is 0 Å². The average molecular weight is 190 g/mol. The molecule has 0 unspecified atom stereocenters. The number of rotatable bonds is 4. The second kappa shape index (κ2) is 4.42. The minimum absolute atomic E-state index is 0.250. The lowest BCUT2D eigenvalue weighted by molar-refractivity contribution is 0.0727. The van der Waals surface area contributed by atoms with Gasteiger partial charge in [-0.3, -0.25) is 0 Å². The van der Waals surface area contributed by atoms with E-state index < -0.39 is 0 Å². The van der Waals surface area contributed by atoms with Crippen LogP contribution in [0.1, 0.15) is 13.8 Å². The van der Waals surface area contributed by atoms with E-state index in [0.29, 0.717) is 18.4 Å². The van der Waals surface area contributed by atoms with Crippen molar-refractivity contribution in [2.45, 2.75) is 26.5 Å². The zero-order valence-electron chi connectivity index (χ0n) is 7.20. The quantitative estimate of drug-likeness (QED) is 0.718. The van der Waals surface area contributed by atoms with Crippen molar-refractivity contribution in [2.24, 2.45) is 0 Å². The fourth-order valence-corrected chi connectivity index (χ4v) is 0.949. The molecular weight excluding hydrogens is 178 g/mol. The molecule has 0 aromatic carbocycles. The molecule has 4 nitrogen and oxygen atoms in total. The van der Waals surface area contributed by atoms with Crippen molar-refractivity contribution in [1.29, 1.82) is 0 Å². The maximum Gasteiger partial charge on any atom is 0.224 e. The average Bonchev–Trinajstić information content (AvgIpc) is 2.36. The number of hydrogen-bond donors (Lipinski definition) is 0. The highest BCUT2D eigenvalue weighted by Crippen LogP contribution is 2.02. The van der Waals surface area contributed by atoms with Crippen LogP contribution in [0.3, 0.4) is 0 Å². The fraction of sp³-hybridized carbons (Fsp3) is 0.714. The van der Waals surface area contributed by atoms with Crippen LogP contribution >= 0.6 is 11.6 Å². The standard InChI is InChI=1S/C7H12ClN3O/c1-6(2)12-4-3-11-5-9-10-7(11)8/h5-6H,3-4H2,1-2H3. The second-order valence-electron chi connectivity index (χ2n) is 2.71. The SMILES string of the molecule is CC(C)OCCn1cnnc1Cl. The van der Waals surface area contributed by atoms with Crippen LogP contribution in [0.2, 0.25) is 5.28 Å². The van der Waals surface area contributed by atoms with Gasteiger partial charge in [0, 0.05) is 6.54 Å². The zero-order chi connectivity index (χ0) is 8.97. The smallest absolute Gasteiger partial charge is 0.224 e. The van der Waals surface area contributed by atoms with Gasteiger partial charge in [0.2, 0.25) is 5.28 Å². The van der Waals surface area contributed by atoms with E-state index in [1.54, 1.807) is 10.9 Å². The van der Waals surface area contributed by atoms with Crippen molar-refractivity contribution in [3.05, 3.63) is 11.6 Å². The van der Waals surface area contributed by atoms with Gasteiger partial charge in [0.25, 0.3) is 0 Å². The third kappa shape index (κ3) is 2.79. The third-order valence-corrected chi connectivity index (χ3v) is 1.64. The van der Waals surface area contributed by atoms with Crippen LogP contribution in [-0.2, 0) is 11.3 Å². The maximum atomic E-state index is 5.69. The number of hydrogen-bond acceptors (Lipinski definition) is 3. The van der Waals surface area contributed by atoms with E-state index in [-0.39, 0.29) is 6.10 Å². The van der Waals surface area contributed by atoms with Crippen LogP contribution in [0.15, 0.2) is 6.33 Å². The Morgan fingerprint density at radius 1 is 1.67 bits per heavy atom. The summed E-state index contributed by atoms with van der Waals surface area (Å²) >= 11 is 5.69. The minimum atomic E-state index is 0.250. The van der Waals surface area contributed by atoms with E-state index in [1.807, 2.05) is 13.8 Å². The van der Waals surface area contributed by atoms with Crippen LogP contribution in [-0.4, -0.2) is 27.5 Å². The molecule has 0 aliphatic rings. The summed E-state index contributed by atoms with van der Waals surface area (Å²) in [6.07, 6.45) is 1.84. The first-order chi connectivity index (χ1) is 5.70. The van der Waals surface area contributed by atoms with E-state index >= 15 is 0 Å². The second-order valence-corrected chi connectivity index (χ2v) is 3.05. The molecule has 0 fully saturated rings. The third-order valence-electron chi connectivity index (χ3n) is 1.35. The summed E-state index contributed by atoms with van der Waals surface area (Å²) in [6, 6.07) is 0. The van der Waals surface area contributed by atoms with Gasteiger partial charge < -0.3 is 9.30 Å². The summed E-state index contributed by atoms with van der Waals surface area (Å²) in [7, 11) is 0. The lowest BCUT2D eigenvalue weighted by atomic mass is 10.5. The molecule has 0 saturated heterocycles. The molecule has 12 heavy (non-hydrogen) atoms. The van der Waals surface area contributed by atoms with Crippen molar-refractivity contribution >= 4 is 11.6 Å². The van der Waals surface area contributed by atoms with Crippen molar-refractivity contribution in [2.75, 3.05) is 6.61 Å². The molecule has 0 radical (unpaired) electrons. The zero-order valence-corrected chi connectivity index (χ0v) is 7.95. The molecule has 0 spiro atoms. The van der Waals surface area contributed by atoms with Crippen LogP contribution in [0, 0.1) is 0 Å². The molecule has 68 valence electrons. The molecule has 0 N–H and O–H groups in total. The number of halogens is 1. The van der Waals surface area contributed by atoms with Gasteiger partial charge in [-0.05, 0) is 25.4 Å². The van der Waals surface area contributed by atoms with Gasteiger partial charge in [0.15, 0.2) is 0 Å². The molecule has 0 atom stereocenters. The highest BCUT2D eigenvalue weighted by atomic mass is 35.5. The highest BCUT2D eigenvalue weighted by molar-refractivity contribution is 6.28. The van der Waals surface area contributed by atoms with Gasteiger partial charge in [-0.2, -0.15) is 0 Å². The highest BCUT2D eigenvalue weighted by Gasteiger charge is 1.99. The first kappa shape index (κ1) is 9.48. The molecule has 1 aromatic rings. The van der Waals surface area contributed by atoms with Crippen LogP contribution < -0.4 is 0 Å². The van der Waals surface area contributed by atoms with E-state index in [1.165, 1.54) is 0 Å². The van der Waals surface area contributed by atoms with Crippen LogP contribution in [0.5, 0.6) is 0 Å². The van der Waals surface area contributed by atoms with Gasteiger partial charge in [-0.25, -0.2) is 0 Å². The summed E-state index contributed by atoms with van der Waals surface area (Å²) in [5.74, 6) is 0. The Morgan fingerprint density at radius 3 is 2.92 bits per heavy atom. The van der Waals surface area contributed by atoms with E-state index in [9.17, 15) is 0 Å². The van der Waals surface area contributed by atoms with Gasteiger partial charge in [-0.15, -0.1) is 10.2 Å². The molecule has 1 aromatic heterocycles. The molecule has 5 heteroatoms. The van der Waals surface area contributed by atoms with Crippen LogP contribution in [0.25, 0.3) is 0 Å². The number of aromatic nitrogens is 3. The predicted molar refractivity (Wildman–Crippen MR) is 46.1 cm³/mol. The monoisotopic (exact) mass is 189 g/mol. The van der Waals surface area contributed by atoms with E-state index in [4.69, 9.17) is 16.3 Å². The Kier molecular flexibility index (Phi) is 3.49. The Balaban J connectivity index is 2.29. The van der Waals surface area contributed by atoms with E-state index in [2.05, 4.69) is 10.2 Å². The maximum absolute atomic E-state index is 5.69. The number of ether oxygens (including phenoxy) is 1. The van der Waals surface area contributed by atoms with Gasteiger partial charge in [0.05, 0.1) is 12.7 Å². The summed E-state index contributed by atoms with van der Waals surface area (Å²) in [6.45, 7) is 5.32. The molecule has 1 heterocycles. The first-order valence-electron chi connectivity index (χ1n) is 3.85. The Hall–Kier alpha value is -0.610. The molecule has 0 aliphatic carbocycles. The van der Waals surface area contributed by atoms with Crippen molar-refractivity contribution < 1.29 is 4.74 Å². The van der Waals surface area contributed by atoms with Crippen molar-refractivity contribution in [1.82, 2.24) is 14.8 Å². The lowest BCUT2D eigenvalue weighted by Gasteiger charge is -2.07. The van der Waals surface area contributed by atoms with Gasteiger partial charge in [0.1, 0.15) is 6.33 Å². The van der Waals surface area contributed by atoms with Crippen molar-refractivity contribution in [3.63, 3.8) is 0 Å². The molecule has 0 amide bonds. The summed E-state index contributed by atoms with van der Waals surface area (Å²) < 4.78 is 7.08. The predicted octanol–water partition coefficient (Wildman–Crippen LogP) is 1.36. The van der Waals surface area contributed by atoms with Gasteiger partial charge in [-0.1, -0.05) is 0 Å².